The Morgan fingerprint density at radius 3 is 2.12 bits per heavy atom. The van der Waals surface area contributed by atoms with Gasteiger partial charge in [0, 0.05) is 32.2 Å². The largest absolute Gasteiger partial charge is 0.301 e. The monoisotopic (exact) mass is 256 g/mol. The second kappa shape index (κ2) is 7.65. The third-order valence-corrected chi connectivity index (χ3v) is 4.70. The lowest BCUT2D eigenvalue weighted by atomic mass is 10.1. The highest BCUT2D eigenvalue weighted by Gasteiger charge is 2.23. The van der Waals surface area contributed by atoms with Crippen molar-refractivity contribution in [3.63, 3.8) is 0 Å². The van der Waals surface area contributed by atoms with Gasteiger partial charge in [0.1, 0.15) is 0 Å². The first-order valence-electron chi connectivity index (χ1n) is 7.47. The maximum Gasteiger partial charge on any atom is 0.0113 e. The van der Waals surface area contributed by atoms with Gasteiger partial charge in [0.05, 0.1) is 0 Å². The lowest BCUT2D eigenvalue weighted by Crippen LogP contribution is -2.50. The Balaban J connectivity index is 1.70. The Morgan fingerprint density at radius 2 is 1.53 bits per heavy atom. The van der Waals surface area contributed by atoms with E-state index in [1.54, 1.807) is 0 Å². The molecule has 0 amide bonds. The summed E-state index contributed by atoms with van der Waals surface area (Å²) in [7, 11) is 0. The van der Waals surface area contributed by atoms with Crippen molar-refractivity contribution in [1.29, 1.82) is 0 Å². The number of nitrogens with zero attached hydrogens (tertiary/aromatic N) is 2. The summed E-state index contributed by atoms with van der Waals surface area (Å²) in [5.41, 5.74) is 0. The Morgan fingerprint density at radius 1 is 0.882 bits per heavy atom. The summed E-state index contributed by atoms with van der Waals surface area (Å²) < 4.78 is 0. The van der Waals surface area contributed by atoms with Gasteiger partial charge >= 0.3 is 0 Å². The van der Waals surface area contributed by atoms with Gasteiger partial charge in [0.15, 0.2) is 0 Å². The second-order valence-corrected chi connectivity index (χ2v) is 6.05. The standard InChI is InChI=1S/C14H28N2S/c17-13-5-8-15-9-11-16(12-10-15)14-6-3-1-2-4-7-14/h14,17H,1-13H2. The van der Waals surface area contributed by atoms with Crippen LogP contribution in [0.25, 0.3) is 0 Å². The second-order valence-electron chi connectivity index (χ2n) is 5.60. The molecule has 1 aliphatic carbocycles. The molecule has 1 heterocycles. The van der Waals surface area contributed by atoms with Crippen LogP contribution in [-0.2, 0) is 0 Å². The van der Waals surface area contributed by atoms with E-state index in [-0.39, 0.29) is 0 Å². The van der Waals surface area contributed by atoms with Gasteiger partial charge in [-0.05, 0) is 31.6 Å². The number of thiol groups is 1. The Kier molecular flexibility index (Phi) is 6.16. The molecule has 0 aromatic heterocycles. The van der Waals surface area contributed by atoms with Crippen LogP contribution in [0.1, 0.15) is 44.9 Å². The van der Waals surface area contributed by atoms with E-state index in [9.17, 15) is 0 Å². The first-order chi connectivity index (χ1) is 8.40. The first kappa shape index (κ1) is 13.7. The average Bonchev–Trinajstić information content (AvgIpc) is 2.66. The lowest BCUT2D eigenvalue weighted by molar-refractivity contribution is 0.0893. The normalized spacial score (nSPS) is 25.9. The van der Waals surface area contributed by atoms with Gasteiger partial charge in [0.25, 0.3) is 0 Å². The maximum atomic E-state index is 4.30. The third-order valence-electron chi connectivity index (χ3n) is 4.38. The fourth-order valence-electron chi connectivity index (χ4n) is 3.27. The van der Waals surface area contributed by atoms with Gasteiger partial charge in [-0.1, -0.05) is 25.7 Å². The molecule has 0 atom stereocenters. The summed E-state index contributed by atoms with van der Waals surface area (Å²) in [5.74, 6) is 1.03. The highest BCUT2D eigenvalue weighted by molar-refractivity contribution is 7.80. The van der Waals surface area contributed by atoms with Crippen molar-refractivity contribution in [2.24, 2.45) is 0 Å². The van der Waals surface area contributed by atoms with Gasteiger partial charge in [-0.25, -0.2) is 0 Å². The van der Waals surface area contributed by atoms with Crippen LogP contribution in [0.5, 0.6) is 0 Å². The van der Waals surface area contributed by atoms with E-state index in [2.05, 4.69) is 22.4 Å². The molecular weight excluding hydrogens is 228 g/mol. The molecule has 0 radical (unpaired) electrons. The van der Waals surface area contributed by atoms with Gasteiger partial charge in [-0.3, -0.25) is 4.90 Å². The molecule has 0 bridgehead atoms. The minimum Gasteiger partial charge on any atom is -0.301 e. The third kappa shape index (κ3) is 4.46. The van der Waals surface area contributed by atoms with Crippen molar-refractivity contribution in [2.45, 2.75) is 51.0 Å². The summed E-state index contributed by atoms with van der Waals surface area (Å²) >= 11 is 4.30. The van der Waals surface area contributed by atoms with Crippen LogP contribution in [0.4, 0.5) is 0 Å². The summed E-state index contributed by atoms with van der Waals surface area (Å²) in [6, 6.07) is 0.907. The highest BCUT2D eigenvalue weighted by atomic mass is 32.1. The molecule has 1 saturated heterocycles. The van der Waals surface area contributed by atoms with Crippen molar-refractivity contribution in [3.05, 3.63) is 0 Å². The minimum atomic E-state index is 0.907. The van der Waals surface area contributed by atoms with Crippen LogP contribution < -0.4 is 0 Å². The van der Waals surface area contributed by atoms with Crippen molar-refractivity contribution in [2.75, 3.05) is 38.5 Å². The first-order valence-corrected chi connectivity index (χ1v) is 8.10. The van der Waals surface area contributed by atoms with Crippen molar-refractivity contribution >= 4 is 12.6 Å². The number of hydrogen-bond acceptors (Lipinski definition) is 3. The van der Waals surface area contributed by atoms with Gasteiger partial charge < -0.3 is 4.90 Å². The molecule has 0 unspecified atom stereocenters. The molecule has 17 heavy (non-hydrogen) atoms. The Bertz CT molecular complexity index is 194. The van der Waals surface area contributed by atoms with Crippen LogP contribution in [0.3, 0.4) is 0 Å². The molecule has 1 saturated carbocycles. The molecule has 3 heteroatoms. The fourth-order valence-corrected chi connectivity index (χ4v) is 3.41. The van der Waals surface area contributed by atoms with Crippen LogP contribution in [-0.4, -0.2) is 54.3 Å². The number of piperazine rings is 1. The molecule has 0 aromatic carbocycles. The van der Waals surface area contributed by atoms with Crippen LogP contribution in [0.2, 0.25) is 0 Å². The molecule has 0 N–H and O–H groups in total. The fraction of sp³-hybridized carbons (Fsp3) is 1.00. The van der Waals surface area contributed by atoms with E-state index >= 15 is 0 Å². The predicted molar refractivity (Wildman–Crippen MR) is 78.0 cm³/mol. The smallest absolute Gasteiger partial charge is 0.0113 e. The van der Waals surface area contributed by atoms with Gasteiger partial charge in [0.2, 0.25) is 0 Å². The predicted octanol–water partition coefficient (Wildman–Crippen LogP) is 2.65. The Hall–Kier alpha value is 0.270. The molecular formula is C14H28N2S. The number of hydrogen-bond donors (Lipinski definition) is 1. The molecule has 0 aromatic rings. The van der Waals surface area contributed by atoms with Crippen LogP contribution in [0, 0.1) is 0 Å². The van der Waals surface area contributed by atoms with E-state index in [1.807, 2.05) is 0 Å². The van der Waals surface area contributed by atoms with E-state index in [4.69, 9.17) is 0 Å². The molecule has 2 aliphatic rings. The number of rotatable bonds is 4. The maximum absolute atomic E-state index is 4.30. The average molecular weight is 256 g/mol. The molecule has 1 aliphatic heterocycles. The summed E-state index contributed by atoms with van der Waals surface area (Å²) in [6.07, 6.45) is 10.0. The zero-order valence-electron chi connectivity index (χ0n) is 11.1. The van der Waals surface area contributed by atoms with Gasteiger partial charge in [-0.2, -0.15) is 12.6 Å². The summed E-state index contributed by atoms with van der Waals surface area (Å²) in [5, 5.41) is 0. The van der Waals surface area contributed by atoms with Crippen LogP contribution >= 0.6 is 12.6 Å². The van der Waals surface area contributed by atoms with Gasteiger partial charge in [-0.15, -0.1) is 0 Å². The van der Waals surface area contributed by atoms with Crippen molar-refractivity contribution in [3.8, 4) is 0 Å². The molecule has 2 rings (SSSR count). The van der Waals surface area contributed by atoms with E-state index < -0.39 is 0 Å². The molecule has 100 valence electrons. The topological polar surface area (TPSA) is 6.48 Å². The molecule has 2 fully saturated rings. The van der Waals surface area contributed by atoms with Crippen molar-refractivity contribution in [1.82, 2.24) is 9.80 Å². The molecule has 2 nitrogen and oxygen atoms in total. The SMILES string of the molecule is SCCCN1CCN(C2CCCCCC2)CC1. The van der Waals surface area contributed by atoms with E-state index in [0.717, 1.165) is 11.8 Å². The minimum absolute atomic E-state index is 0.907. The Labute approximate surface area is 112 Å². The summed E-state index contributed by atoms with van der Waals surface area (Å²) in [4.78, 5) is 5.38. The van der Waals surface area contributed by atoms with E-state index in [0.29, 0.717) is 0 Å². The summed E-state index contributed by atoms with van der Waals surface area (Å²) in [6.45, 7) is 6.42. The van der Waals surface area contributed by atoms with Crippen LogP contribution in [0.15, 0.2) is 0 Å². The quantitative estimate of drug-likeness (QED) is 0.610. The zero-order chi connectivity index (χ0) is 11.9. The highest BCUT2D eigenvalue weighted by Crippen LogP contribution is 2.22. The van der Waals surface area contributed by atoms with E-state index in [1.165, 1.54) is 77.7 Å². The zero-order valence-corrected chi connectivity index (χ0v) is 12.0. The lowest BCUT2D eigenvalue weighted by Gasteiger charge is -2.39. The molecule has 0 spiro atoms. The van der Waals surface area contributed by atoms with Crippen molar-refractivity contribution < 1.29 is 0 Å².